The van der Waals surface area contributed by atoms with Crippen LogP contribution in [0.3, 0.4) is 0 Å². The van der Waals surface area contributed by atoms with Crippen molar-refractivity contribution in [2.45, 2.75) is 46.6 Å². The zero-order chi connectivity index (χ0) is 18.2. The molecule has 0 spiro atoms. The molecule has 1 amide bonds. The van der Waals surface area contributed by atoms with E-state index in [-0.39, 0.29) is 11.9 Å². The summed E-state index contributed by atoms with van der Waals surface area (Å²) in [5.74, 6) is -0.157. The molecule has 1 aromatic heterocycles. The van der Waals surface area contributed by atoms with Crippen LogP contribution in [0.4, 0.5) is 0 Å². The van der Waals surface area contributed by atoms with Gasteiger partial charge in [-0.25, -0.2) is 4.68 Å². The molecule has 2 rings (SSSR count). The van der Waals surface area contributed by atoms with E-state index in [0.717, 1.165) is 43.9 Å². The fourth-order valence-corrected chi connectivity index (χ4v) is 2.88. The average molecular weight is 343 g/mol. The fourth-order valence-electron chi connectivity index (χ4n) is 2.88. The number of nitrogens with zero attached hydrogens (tertiary/aromatic N) is 4. The Morgan fingerprint density at radius 3 is 2.56 bits per heavy atom. The second kappa shape index (κ2) is 9.32. The van der Waals surface area contributed by atoms with Crippen LogP contribution in [0.25, 0.3) is 5.69 Å². The summed E-state index contributed by atoms with van der Waals surface area (Å²) in [6.07, 6.45) is 2.02. The number of aromatic nitrogens is 3. The Kier molecular flexibility index (Phi) is 7.13. The number of carbonyl (C=O) groups is 1. The van der Waals surface area contributed by atoms with E-state index in [1.807, 2.05) is 44.2 Å². The van der Waals surface area contributed by atoms with E-state index in [2.05, 4.69) is 34.4 Å². The monoisotopic (exact) mass is 343 g/mol. The molecule has 0 aliphatic carbocycles. The zero-order valence-electron chi connectivity index (χ0n) is 15.7. The molecule has 1 aromatic carbocycles. The summed E-state index contributed by atoms with van der Waals surface area (Å²) in [6, 6.07) is 9.83. The summed E-state index contributed by atoms with van der Waals surface area (Å²) in [6.45, 7) is 11.5. The first-order chi connectivity index (χ1) is 12.1. The molecule has 0 radical (unpaired) electrons. The Morgan fingerprint density at radius 2 is 1.92 bits per heavy atom. The smallest absolute Gasteiger partial charge is 0.273 e. The van der Waals surface area contributed by atoms with Gasteiger partial charge in [-0.2, -0.15) is 0 Å². The number of para-hydroxylation sites is 1. The first-order valence-corrected chi connectivity index (χ1v) is 9.07. The zero-order valence-corrected chi connectivity index (χ0v) is 15.7. The molecule has 6 heteroatoms. The number of amides is 1. The van der Waals surface area contributed by atoms with Crippen LogP contribution < -0.4 is 5.32 Å². The lowest BCUT2D eigenvalue weighted by Crippen LogP contribution is -2.34. The van der Waals surface area contributed by atoms with Gasteiger partial charge in [0.2, 0.25) is 0 Å². The molecule has 136 valence electrons. The third-order valence-corrected chi connectivity index (χ3v) is 4.49. The van der Waals surface area contributed by atoms with Gasteiger partial charge >= 0.3 is 0 Å². The van der Waals surface area contributed by atoms with Crippen LogP contribution in [0.5, 0.6) is 0 Å². The molecule has 0 fully saturated rings. The predicted molar refractivity (Wildman–Crippen MR) is 100 cm³/mol. The predicted octanol–water partition coefficient (Wildman–Crippen LogP) is 2.82. The van der Waals surface area contributed by atoms with Gasteiger partial charge in [-0.05, 0) is 58.5 Å². The van der Waals surface area contributed by atoms with Crippen LogP contribution in [-0.4, -0.2) is 51.5 Å². The minimum absolute atomic E-state index is 0.115. The number of rotatable bonds is 9. The first kappa shape index (κ1) is 19.1. The highest BCUT2D eigenvalue weighted by Gasteiger charge is 2.18. The lowest BCUT2D eigenvalue weighted by molar-refractivity contribution is 0.0931. The SMILES string of the molecule is CCN(CC)CCC[C@H](C)NC(=O)c1nnn(-c2ccccc2)c1C. The maximum Gasteiger partial charge on any atom is 0.273 e. The molecule has 1 N–H and O–H groups in total. The van der Waals surface area contributed by atoms with E-state index in [1.165, 1.54) is 0 Å². The highest BCUT2D eigenvalue weighted by Crippen LogP contribution is 2.12. The molecule has 2 aromatic rings. The second-order valence-corrected chi connectivity index (χ2v) is 6.31. The number of benzene rings is 1. The summed E-state index contributed by atoms with van der Waals surface area (Å²) < 4.78 is 1.69. The second-order valence-electron chi connectivity index (χ2n) is 6.31. The Labute approximate surface area is 150 Å². The summed E-state index contributed by atoms with van der Waals surface area (Å²) in [7, 11) is 0. The average Bonchev–Trinajstić information content (AvgIpc) is 3.01. The van der Waals surface area contributed by atoms with Crippen LogP contribution in [0.1, 0.15) is 49.8 Å². The topological polar surface area (TPSA) is 63.1 Å². The van der Waals surface area contributed by atoms with E-state index in [9.17, 15) is 4.79 Å². The van der Waals surface area contributed by atoms with Crippen LogP contribution in [0.2, 0.25) is 0 Å². The van der Waals surface area contributed by atoms with Gasteiger partial charge < -0.3 is 10.2 Å². The van der Waals surface area contributed by atoms with Gasteiger partial charge in [0.15, 0.2) is 5.69 Å². The minimum atomic E-state index is -0.157. The number of hydrogen-bond acceptors (Lipinski definition) is 4. The van der Waals surface area contributed by atoms with Crippen molar-refractivity contribution in [3.63, 3.8) is 0 Å². The molecule has 0 aliphatic heterocycles. The molecule has 6 nitrogen and oxygen atoms in total. The van der Waals surface area contributed by atoms with Gasteiger partial charge in [0, 0.05) is 6.04 Å². The van der Waals surface area contributed by atoms with Crippen LogP contribution >= 0.6 is 0 Å². The van der Waals surface area contributed by atoms with E-state index in [0.29, 0.717) is 5.69 Å². The van der Waals surface area contributed by atoms with Crippen molar-refractivity contribution in [1.82, 2.24) is 25.2 Å². The van der Waals surface area contributed by atoms with Crippen molar-refractivity contribution in [2.24, 2.45) is 0 Å². The van der Waals surface area contributed by atoms with Crippen LogP contribution in [0, 0.1) is 6.92 Å². The molecule has 0 saturated heterocycles. The Bertz CT molecular complexity index is 664. The Balaban J connectivity index is 1.92. The van der Waals surface area contributed by atoms with E-state index >= 15 is 0 Å². The van der Waals surface area contributed by atoms with Crippen molar-refractivity contribution in [3.8, 4) is 5.69 Å². The maximum absolute atomic E-state index is 12.5. The maximum atomic E-state index is 12.5. The summed E-state index contributed by atoms with van der Waals surface area (Å²) in [5, 5.41) is 11.2. The Morgan fingerprint density at radius 1 is 1.24 bits per heavy atom. The molecule has 0 saturated carbocycles. The Hall–Kier alpha value is -2.21. The van der Waals surface area contributed by atoms with Gasteiger partial charge in [-0.15, -0.1) is 5.10 Å². The fraction of sp³-hybridized carbons (Fsp3) is 0.526. The van der Waals surface area contributed by atoms with Crippen LogP contribution in [-0.2, 0) is 0 Å². The highest BCUT2D eigenvalue weighted by atomic mass is 16.2. The van der Waals surface area contributed by atoms with Crippen molar-refractivity contribution in [3.05, 3.63) is 41.7 Å². The summed E-state index contributed by atoms with van der Waals surface area (Å²) in [5.41, 5.74) is 2.04. The summed E-state index contributed by atoms with van der Waals surface area (Å²) >= 11 is 0. The van der Waals surface area contributed by atoms with E-state index in [1.54, 1.807) is 4.68 Å². The number of hydrogen-bond donors (Lipinski definition) is 1. The molecule has 25 heavy (non-hydrogen) atoms. The molecular weight excluding hydrogens is 314 g/mol. The molecular formula is C19H29N5O. The van der Waals surface area contributed by atoms with Gasteiger partial charge in [-0.3, -0.25) is 4.79 Å². The van der Waals surface area contributed by atoms with Crippen molar-refractivity contribution < 1.29 is 4.79 Å². The lowest BCUT2D eigenvalue weighted by Gasteiger charge is -2.19. The largest absolute Gasteiger partial charge is 0.348 e. The molecule has 1 heterocycles. The highest BCUT2D eigenvalue weighted by molar-refractivity contribution is 5.93. The van der Waals surface area contributed by atoms with Crippen LogP contribution in [0.15, 0.2) is 30.3 Å². The van der Waals surface area contributed by atoms with Crippen molar-refractivity contribution in [2.75, 3.05) is 19.6 Å². The first-order valence-electron chi connectivity index (χ1n) is 9.07. The van der Waals surface area contributed by atoms with Gasteiger partial charge in [0.1, 0.15) is 0 Å². The minimum Gasteiger partial charge on any atom is -0.348 e. The molecule has 0 unspecified atom stereocenters. The number of nitrogens with one attached hydrogen (secondary N) is 1. The normalized spacial score (nSPS) is 12.4. The van der Waals surface area contributed by atoms with Gasteiger partial charge in [0.05, 0.1) is 11.4 Å². The third kappa shape index (κ3) is 5.13. The van der Waals surface area contributed by atoms with E-state index in [4.69, 9.17) is 0 Å². The van der Waals surface area contributed by atoms with Crippen molar-refractivity contribution in [1.29, 1.82) is 0 Å². The molecule has 0 bridgehead atoms. The molecule has 1 atom stereocenters. The molecule has 0 aliphatic rings. The quantitative estimate of drug-likeness (QED) is 0.760. The van der Waals surface area contributed by atoms with Gasteiger partial charge in [-0.1, -0.05) is 37.3 Å². The van der Waals surface area contributed by atoms with E-state index < -0.39 is 0 Å². The lowest BCUT2D eigenvalue weighted by atomic mass is 10.1. The summed E-state index contributed by atoms with van der Waals surface area (Å²) in [4.78, 5) is 14.9. The number of carbonyl (C=O) groups excluding carboxylic acids is 1. The van der Waals surface area contributed by atoms with Gasteiger partial charge in [0.25, 0.3) is 5.91 Å². The van der Waals surface area contributed by atoms with Crippen molar-refractivity contribution >= 4 is 5.91 Å². The standard InChI is InChI=1S/C19H29N5O/c1-5-23(6-2)14-10-11-15(3)20-19(25)18-16(4)24(22-21-18)17-12-8-7-9-13-17/h7-9,12-13,15H,5-6,10-11,14H2,1-4H3,(H,20,25)/t15-/m0/s1. The third-order valence-electron chi connectivity index (χ3n) is 4.49.